The predicted molar refractivity (Wildman–Crippen MR) is 147 cm³/mol. The molecule has 3 aromatic carbocycles. The van der Waals surface area contributed by atoms with Crippen LogP contribution in [0.3, 0.4) is 0 Å². The molecule has 2 N–H and O–H groups in total. The second kappa shape index (κ2) is 9.57. The Bertz CT molecular complexity index is 1560. The number of piperidine rings is 1. The number of nitrogens with zero attached hydrogens (tertiary/aromatic N) is 4. The molecule has 0 radical (unpaired) electrons. The number of halogens is 2. The number of fused-ring (bicyclic) bond motifs is 4. The fourth-order valence-corrected chi connectivity index (χ4v) is 6.53. The third-order valence-corrected chi connectivity index (χ3v) is 8.53. The summed E-state index contributed by atoms with van der Waals surface area (Å²) in [6.45, 7) is 2.91. The van der Waals surface area contributed by atoms with Crippen molar-refractivity contribution >= 4 is 27.5 Å². The van der Waals surface area contributed by atoms with Crippen molar-refractivity contribution in [1.82, 2.24) is 20.2 Å². The molecule has 4 fully saturated rings. The predicted octanol–water partition coefficient (Wildman–Crippen LogP) is 4.85. The summed E-state index contributed by atoms with van der Waals surface area (Å²) in [5.41, 5.74) is 0.0720. The van der Waals surface area contributed by atoms with Gasteiger partial charge >= 0.3 is 6.01 Å². The van der Waals surface area contributed by atoms with Crippen LogP contribution in [0.5, 0.6) is 11.8 Å². The van der Waals surface area contributed by atoms with Gasteiger partial charge in [-0.3, -0.25) is 0 Å². The Kier molecular flexibility index (Phi) is 6.01. The number of phenols is 1. The lowest BCUT2D eigenvalue weighted by Crippen LogP contribution is -2.67. The summed E-state index contributed by atoms with van der Waals surface area (Å²) >= 11 is 0. The highest BCUT2D eigenvalue weighted by Crippen LogP contribution is 2.40. The average Bonchev–Trinajstić information content (AvgIpc) is 3.32. The zero-order chi connectivity index (χ0) is 26.7. The minimum Gasteiger partial charge on any atom is -0.508 e. The van der Waals surface area contributed by atoms with Crippen LogP contribution in [0, 0.1) is 11.6 Å². The summed E-state index contributed by atoms with van der Waals surface area (Å²) in [5.74, 6) is -1.08. The lowest BCUT2D eigenvalue weighted by atomic mass is 9.91. The van der Waals surface area contributed by atoms with Crippen LogP contribution < -0.4 is 15.0 Å². The molecule has 8 rings (SSSR count). The molecule has 2 unspecified atom stereocenters. The van der Waals surface area contributed by atoms with Crippen LogP contribution in [0.1, 0.15) is 25.7 Å². The summed E-state index contributed by atoms with van der Waals surface area (Å²) in [5, 5.41) is 15.5. The molecule has 4 aliphatic heterocycles. The number of aromatic hydroxyl groups is 1. The van der Waals surface area contributed by atoms with Gasteiger partial charge in [-0.1, -0.05) is 24.3 Å². The first kappa shape index (κ1) is 24.5. The SMILES string of the molecule is CN1CCC[C@H]1CCOc1nc(N2CC3CC(C2)N3)c2cc(F)c(-c3cc(O)cc4ccccc34)c(F)c2n1. The van der Waals surface area contributed by atoms with Crippen molar-refractivity contribution in [3.63, 3.8) is 0 Å². The molecule has 4 aliphatic rings. The van der Waals surface area contributed by atoms with Crippen LogP contribution in [0.2, 0.25) is 0 Å². The minimum absolute atomic E-state index is 0.0176. The van der Waals surface area contributed by atoms with Crippen molar-refractivity contribution < 1.29 is 18.6 Å². The Balaban J connectivity index is 1.34. The smallest absolute Gasteiger partial charge is 0.319 e. The molecule has 202 valence electrons. The van der Waals surface area contributed by atoms with Gasteiger partial charge < -0.3 is 25.0 Å². The van der Waals surface area contributed by atoms with Crippen LogP contribution in [0.25, 0.3) is 32.8 Å². The third-order valence-electron chi connectivity index (χ3n) is 8.53. The van der Waals surface area contributed by atoms with Crippen LogP contribution in [0.15, 0.2) is 42.5 Å². The largest absolute Gasteiger partial charge is 0.508 e. The highest BCUT2D eigenvalue weighted by atomic mass is 19.1. The number of aromatic nitrogens is 2. The average molecular weight is 532 g/mol. The van der Waals surface area contributed by atoms with E-state index < -0.39 is 11.6 Å². The highest BCUT2D eigenvalue weighted by Gasteiger charge is 2.38. The molecule has 4 aromatic rings. The van der Waals surface area contributed by atoms with E-state index in [0.717, 1.165) is 25.8 Å². The van der Waals surface area contributed by atoms with Crippen molar-refractivity contribution in [2.24, 2.45) is 0 Å². The molecular formula is C30H31F2N5O2. The zero-order valence-electron chi connectivity index (χ0n) is 21.8. The van der Waals surface area contributed by atoms with E-state index in [-0.39, 0.29) is 28.4 Å². The van der Waals surface area contributed by atoms with Crippen molar-refractivity contribution in [2.45, 2.75) is 43.8 Å². The molecule has 0 spiro atoms. The van der Waals surface area contributed by atoms with E-state index in [1.807, 2.05) is 12.1 Å². The molecule has 9 heteroatoms. The number of hydrogen-bond acceptors (Lipinski definition) is 7. The number of piperazine rings is 1. The Labute approximate surface area is 225 Å². The number of phenolic OH excluding ortho intramolecular Hbond substituents is 1. The number of anilines is 1. The minimum atomic E-state index is -0.787. The second-order valence-corrected chi connectivity index (χ2v) is 11.1. The summed E-state index contributed by atoms with van der Waals surface area (Å²) in [6, 6.07) is 12.8. The van der Waals surface area contributed by atoms with E-state index in [1.54, 1.807) is 18.2 Å². The van der Waals surface area contributed by atoms with E-state index in [9.17, 15) is 5.11 Å². The number of ether oxygens (including phenoxy) is 1. The molecule has 7 nitrogen and oxygen atoms in total. The molecule has 2 bridgehead atoms. The third kappa shape index (κ3) is 4.33. The van der Waals surface area contributed by atoms with Gasteiger partial charge in [-0.25, -0.2) is 8.78 Å². The molecule has 0 aliphatic carbocycles. The Morgan fingerprint density at radius 3 is 2.64 bits per heavy atom. The lowest BCUT2D eigenvalue weighted by molar-refractivity contribution is 0.219. The van der Waals surface area contributed by atoms with Crippen LogP contribution >= 0.6 is 0 Å². The first-order chi connectivity index (χ1) is 18.9. The Hall–Kier alpha value is -3.56. The lowest BCUT2D eigenvalue weighted by Gasteiger charge is -2.48. The fourth-order valence-electron chi connectivity index (χ4n) is 6.53. The first-order valence-electron chi connectivity index (χ1n) is 13.7. The van der Waals surface area contributed by atoms with Crippen LogP contribution in [0.4, 0.5) is 14.6 Å². The monoisotopic (exact) mass is 531 g/mol. The molecule has 3 atom stereocenters. The molecule has 4 saturated heterocycles. The molecular weight excluding hydrogens is 500 g/mol. The summed E-state index contributed by atoms with van der Waals surface area (Å²) in [4.78, 5) is 13.6. The van der Waals surface area contributed by atoms with Crippen molar-refractivity contribution in [3.05, 3.63) is 54.1 Å². The maximum Gasteiger partial charge on any atom is 0.319 e. The van der Waals surface area contributed by atoms with Gasteiger partial charge in [0.05, 0.1) is 12.2 Å². The summed E-state index contributed by atoms with van der Waals surface area (Å²) in [7, 11) is 2.12. The summed E-state index contributed by atoms with van der Waals surface area (Å²) < 4.78 is 38.3. The normalized spacial score (nSPS) is 22.9. The highest BCUT2D eigenvalue weighted by molar-refractivity contribution is 6.01. The topological polar surface area (TPSA) is 73.8 Å². The van der Waals surface area contributed by atoms with Gasteiger partial charge in [0.2, 0.25) is 0 Å². The van der Waals surface area contributed by atoms with Gasteiger partial charge in [-0.15, -0.1) is 0 Å². The molecule has 1 aromatic heterocycles. The molecule has 5 heterocycles. The number of likely N-dealkylation sites (tertiary alicyclic amines) is 1. The number of nitrogens with one attached hydrogen (secondary N) is 1. The first-order valence-corrected chi connectivity index (χ1v) is 13.7. The van der Waals surface area contributed by atoms with Crippen molar-refractivity contribution in [2.75, 3.05) is 38.2 Å². The quantitative estimate of drug-likeness (QED) is 0.369. The van der Waals surface area contributed by atoms with Gasteiger partial charge in [-0.2, -0.15) is 9.97 Å². The summed E-state index contributed by atoms with van der Waals surface area (Å²) in [6.07, 6.45) is 4.22. The number of benzene rings is 3. The van der Waals surface area contributed by atoms with Gasteiger partial charge in [-0.05, 0) is 73.8 Å². The number of hydrogen-bond donors (Lipinski definition) is 2. The van der Waals surface area contributed by atoms with E-state index in [4.69, 9.17) is 4.74 Å². The maximum absolute atomic E-state index is 16.4. The van der Waals surface area contributed by atoms with E-state index in [2.05, 4.69) is 32.1 Å². The van der Waals surface area contributed by atoms with Gasteiger partial charge in [0.15, 0.2) is 5.82 Å². The molecule has 0 saturated carbocycles. The molecule has 39 heavy (non-hydrogen) atoms. The zero-order valence-corrected chi connectivity index (χ0v) is 21.8. The van der Waals surface area contributed by atoms with Crippen LogP contribution in [-0.4, -0.2) is 71.4 Å². The van der Waals surface area contributed by atoms with E-state index in [0.29, 0.717) is 59.8 Å². The van der Waals surface area contributed by atoms with Gasteiger partial charge in [0, 0.05) is 36.6 Å². The van der Waals surface area contributed by atoms with Crippen molar-refractivity contribution in [1.29, 1.82) is 0 Å². The molecule has 0 amide bonds. The van der Waals surface area contributed by atoms with E-state index >= 15 is 8.78 Å². The second-order valence-electron chi connectivity index (χ2n) is 11.1. The Morgan fingerprint density at radius 2 is 1.87 bits per heavy atom. The standard InChI is InChI=1S/C30H31F2N5O2/c1-36-9-4-6-20(36)8-10-39-30-34-28-24(29(35-30)37-15-18-12-19(16-37)33-18)14-25(31)26(27(28)32)23-13-21(38)11-17-5-2-3-7-22(17)23/h2-3,5,7,11,13-14,18-20,33,38H,4,6,8-10,12,15-16H2,1H3/t18?,19?,20-/m0/s1. The van der Waals surface area contributed by atoms with E-state index in [1.165, 1.54) is 18.6 Å². The number of rotatable bonds is 6. The van der Waals surface area contributed by atoms with Gasteiger partial charge in [0.1, 0.15) is 22.9 Å². The van der Waals surface area contributed by atoms with Crippen LogP contribution in [-0.2, 0) is 0 Å². The van der Waals surface area contributed by atoms with Gasteiger partial charge in [0.25, 0.3) is 0 Å². The maximum atomic E-state index is 16.4. The fraction of sp³-hybridized carbons (Fsp3) is 0.400. The van der Waals surface area contributed by atoms with Crippen molar-refractivity contribution in [3.8, 4) is 22.9 Å². The Morgan fingerprint density at radius 1 is 1.08 bits per heavy atom.